The van der Waals surface area contributed by atoms with Crippen LogP contribution in [0.4, 0.5) is 5.69 Å². The Morgan fingerprint density at radius 2 is 2.07 bits per heavy atom. The van der Waals surface area contributed by atoms with Gasteiger partial charge in [0, 0.05) is 18.6 Å². The van der Waals surface area contributed by atoms with Gasteiger partial charge in [-0.2, -0.15) is 0 Å². The molecule has 2 heterocycles. The minimum absolute atomic E-state index is 0.734. The van der Waals surface area contributed by atoms with Crippen molar-refractivity contribution in [2.24, 2.45) is 0 Å². The molecule has 2 aromatic rings. The van der Waals surface area contributed by atoms with Crippen LogP contribution in [0.25, 0.3) is 0 Å². The minimum atomic E-state index is 0.734. The van der Waals surface area contributed by atoms with E-state index in [1.165, 1.54) is 5.56 Å². The average Bonchev–Trinajstić information content (AvgIpc) is 2.29. The molecule has 0 aliphatic heterocycles. The van der Waals surface area contributed by atoms with Gasteiger partial charge in [0.2, 0.25) is 0 Å². The Morgan fingerprint density at radius 3 is 2.80 bits per heavy atom. The lowest BCUT2D eigenvalue weighted by Gasteiger charge is -2.06. The lowest BCUT2D eigenvalue weighted by atomic mass is 10.2. The number of hydrogen-bond acceptors (Lipinski definition) is 3. The molecule has 0 fully saturated rings. The van der Waals surface area contributed by atoms with E-state index < -0.39 is 0 Å². The van der Waals surface area contributed by atoms with Crippen molar-refractivity contribution in [2.45, 2.75) is 13.5 Å². The van der Waals surface area contributed by atoms with Gasteiger partial charge in [-0.15, -0.1) is 0 Å². The van der Waals surface area contributed by atoms with Gasteiger partial charge < -0.3 is 5.32 Å². The van der Waals surface area contributed by atoms with Gasteiger partial charge in [0.05, 0.1) is 17.9 Å². The van der Waals surface area contributed by atoms with Crippen molar-refractivity contribution in [1.82, 2.24) is 9.97 Å². The summed E-state index contributed by atoms with van der Waals surface area (Å²) < 4.78 is 0. The molecule has 0 amide bonds. The topological polar surface area (TPSA) is 37.8 Å². The van der Waals surface area contributed by atoms with E-state index in [-0.39, 0.29) is 0 Å². The third-order valence-corrected chi connectivity index (χ3v) is 2.24. The van der Waals surface area contributed by atoms with Crippen molar-refractivity contribution < 1.29 is 0 Å². The van der Waals surface area contributed by atoms with Crippen molar-refractivity contribution in [1.29, 1.82) is 0 Å². The molecule has 76 valence electrons. The first kappa shape index (κ1) is 9.65. The Bertz CT molecular complexity index is 426. The second-order valence-electron chi connectivity index (χ2n) is 3.36. The van der Waals surface area contributed by atoms with Crippen LogP contribution in [0.2, 0.25) is 0 Å². The highest BCUT2D eigenvalue weighted by molar-refractivity contribution is 5.40. The van der Waals surface area contributed by atoms with Crippen molar-refractivity contribution in [3.8, 4) is 0 Å². The fourth-order valence-corrected chi connectivity index (χ4v) is 1.36. The summed E-state index contributed by atoms with van der Waals surface area (Å²) in [4.78, 5) is 8.35. The molecule has 3 heteroatoms. The Hall–Kier alpha value is -1.90. The average molecular weight is 199 g/mol. The van der Waals surface area contributed by atoms with E-state index in [1.807, 2.05) is 24.4 Å². The van der Waals surface area contributed by atoms with Gasteiger partial charge in [-0.05, 0) is 30.7 Å². The summed E-state index contributed by atoms with van der Waals surface area (Å²) in [5, 5.41) is 3.28. The van der Waals surface area contributed by atoms with Crippen LogP contribution in [0.3, 0.4) is 0 Å². The molecule has 0 aliphatic carbocycles. The zero-order valence-electron chi connectivity index (χ0n) is 8.64. The molecule has 15 heavy (non-hydrogen) atoms. The SMILES string of the molecule is Cc1cccnc1CNc1cccnc1. The molecule has 3 nitrogen and oxygen atoms in total. The molecule has 0 bridgehead atoms. The van der Waals surface area contributed by atoms with E-state index in [0.29, 0.717) is 0 Å². The highest BCUT2D eigenvalue weighted by Gasteiger charge is 1.97. The summed E-state index contributed by atoms with van der Waals surface area (Å²) in [6.45, 7) is 2.80. The molecule has 0 saturated carbocycles. The van der Waals surface area contributed by atoms with Crippen LogP contribution >= 0.6 is 0 Å². The Labute approximate surface area is 89.2 Å². The van der Waals surface area contributed by atoms with Crippen LogP contribution in [-0.4, -0.2) is 9.97 Å². The number of rotatable bonds is 3. The molecular weight excluding hydrogens is 186 g/mol. The first-order valence-electron chi connectivity index (χ1n) is 4.90. The van der Waals surface area contributed by atoms with Gasteiger partial charge in [0.1, 0.15) is 0 Å². The molecule has 2 aromatic heterocycles. The molecule has 0 unspecified atom stereocenters. The number of hydrogen-bond donors (Lipinski definition) is 1. The van der Waals surface area contributed by atoms with E-state index in [2.05, 4.69) is 28.3 Å². The van der Waals surface area contributed by atoms with E-state index >= 15 is 0 Å². The highest BCUT2D eigenvalue weighted by atomic mass is 14.9. The Kier molecular flexibility index (Phi) is 2.93. The number of aryl methyl sites for hydroxylation is 1. The van der Waals surface area contributed by atoms with Crippen molar-refractivity contribution in [3.05, 3.63) is 54.1 Å². The predicted octanol–water partition coefficient (Wildman–Crippen LogP) is 2.40. The fraction of sp³-hybridized carbons (Fsp3) is 0.167. The second-order valence-corrected chi connectivity index (χ2v) is 3.36. The van der Waals surface area contributed by atoms with Gasteiger partial charge in [-0.1, -0.05) is 6.07 Å². The van der Waals surface area contributed by atoms with Crippen LogP contribution in [0.15, 0.2) is 42.9 Å². The number of aromatic nitrogens is 2. The van der Waals surface area contributed by atoms with Crippen LogP contribution in [-0.2, 0) is 6.54 Å². The van der Waals surface area contributed by atoms with Gasteiger partial charge in [-0.25, -0.2) is 0 Å². The zero-order valence-corrected chi connectivity index (χ0v) is 8.64. The second kappa shape index (κ2) is 4.55. The molecule has 0 aromatic carbocycles. The summed E-state index contributed by atoms with van der Waals surface area (Å²) in [6, 6.07) is 7.91. The maximum absolute atomic E-state index is 4.31. The summed E-state index contributed by atoms with van der Waals surface area (Å²) in [5.74, 6) is 0. The summed E-state index contributed by atoms with van der Waals surface area (Å²) in [6.07, 6.45) is 5.38. The standard InChI is InChI=1S/C12H13N3/c1-10-4-2-7-14-12(10)9-15-11-5-3-6-13-8-11/h2-8,15H,9H2,1H3. The Morgan fingerprint density at radius 1 is 1.20 bits per heavy atom. The molecule has 0 saturated heterocycles. The smallest absolute Gasteiger partial charge is 0.0623 e. The minimum Gasteiger partial charge on any atom is -0.378 e. The molecule has 0 atom stereocenters. The maximum atomic E-state index is 4.31. The predicted molar refractivity (Wildman–Crippen MR) is 60.5 cm³/mol. The lowest BCUT2D eigenvalue weighted by Crippen LogP contribution is -2.03. The van der Waals surface area contributed by atoms with Crippen molar-refractivity contribution >= 4 is 5.69 Å². The summed E-state index contributed by atoms with van der Waals surface area (Å²) >= 11 is 0. The lowest BCUT2D eigenvalue weighted by molar-refractivity contribution is 1.02. The number of pyridine rings is 2. The van der Waals surface area contributed by atoms with Gasteiger partial charge in [-0.3, -0.25) is 9.97 Å². The number of anilines is 1. The summed E-state index contributed by atoms with van der Waals surface area (Å²) in [5.41, 5.74) is 3.29. The van der Waals surface area contributed by atoms with Crippen LogP contribution in [0.1, 0.15) is 11.3 Å². The fourth-order valence-electron chi connectivity index (χ4n) is 1.36. The highest BCUT2D eigenvalue weighted by Crippen LogP contribution is 2.08. The van der Waals surface area contributed by atoms with E-state index in [4.69, 9.17) is 0 Å². The number of nitrogens with zero attached hydrogens (tertiary/aromatic N) is 2. The molecule has 0 radical (unpaired) electrons. The van der Waals surface area contributed by atoms with Gasteiger partial charge in [0.15, 0.2) is 0 Å². The third-order valence-electron chi connectivity index (χ3n) is 2.24. The van der Waals surface area contributed by atoms with Crippen molar-refractivity contribution in [2.75, 3.05) is 5.32 Å². The molecule has 0 aliphatic rings. The van der Waals surface area contributed by atoms with Gasteiger partial charge >= 0.3 is 0 Å². The molecule has 2 rings (SSSR count). The Balaban J connectivity index is 2.03. The first-order chi connectivity index (χ1) is 7.36. The third kappa shape index (κ3) is 2.53. The normalized spacial score (nSPS) is 9.93. The zero-order chi connectivity index (χ0) is 10.5. The van der Waals surface area contributed by atoms with Crippen molar-refractivity contribution in [3.63, 3.8) is 0 Å². The monoisotopic (exact) mass is 199 g/mol. The van der Waals surface area contributed by atoms with E-state index in [9.17, 15) is 0 Å². The largest absolute Gasteiger partial charge is 0.378 e. The van der Waals surface area contributed by atoms with Crippen LogP contribution < -0.4 is 5.32 Å². The summed E-state index contributed by atoms with van der Waals surface area (Å²) in [7, 11) is 0. The first-order valence-corrected chi connectivity index (χ1v) is 4.90. The quantitative estimate of drug-likeness (QED) is 0.824. The molecular formula is C12H13N3. The molecule has 1 N–H and O–H groups in total. The maximum Gasteiger partial charge on any atom is 0.0623 e. The van der Waals surface area contributed by atoms with Gasteiger partial charge in [0.25, 0.3) is 0 Å². The molecule has 0 spiro atoms. The number of nitrogens with one attached hydrogen (secondary N) is 1. The van der Waals surface area contributed by atoms with Crippen LogP contribution in [0.5, 0.6) is 0 Å². The van der Waals surface area contributed by atoms with E-state index in [0.717, 1.165) is 17.9 Å². The van der Waals surface area contributed by atoms with E-state index in [1.54, 1.807) is 12.4 Å². The van der Waals surface area contributed by atoms with Crippen LogP contribution in [0, 0.1) is 6.92 Å².